The van der Waals surface area contributed by atoms with E-state index in [0.29, 0.717) is 6.04 Å². The van der Waals surface area contributed by atoms with E-state index in [-0.39, 0.29) is 6.10 Å². The molecule has 2 aromatic rings. The van der Waals surface area contributed by atoms with E-state index in [4.69, 9.17) is 19.1 Å². The van der Waals surface area contributed by atoms with Crippen LogP contribution in [0.4, 0.5) is 19.1 Å². The number of carboxylic acid groups (broad SMARTS) is 1. The number of fused-ring (bicyclic) bond motifs is 1. The standard InChI is InChI=1S/C15H18N4O2.C2HF3O2/c1-3-12(20-7-1)9-18-10-13-14(11-18)21-8-6-19(13)15-16-4-2-5-17-15;3-2(4,5)1(6)7/h1-5,7,13-14H,6,8-11H2;(H,6,7)/t13-,14+;/m1./s1. The van der Waals surface area contributed by atoms with Crippen molar-refractivity contribution in [2.75, 3.05) is 31.1 Å². The number of aliphatic carboxylic acids is 1. The van der Waals surface area contributed by atoms with Crippen LogP contribution in [0.3, 0.4) is 0 Å². The number of morpholine rings is 1. The zero-order valence-corrected chi connectivity index (χ0v) is 14.7. The predicted octanol–water partition coefficient (Wildman–Crippen LogP) is 1.79. The van der Waals surface area contributed by atoms with Crippen LogP contribution < -0.4 is 4.90 Å². The van der Waals surface area contributed by atoms with Gasteiger partial charge in [0, 0.05) is 32.0 Å². The number of furan rings is 1. The number of hydrogen-bond acceptors (Lipinski definition) is 7. The van der Waals surface area contributed by atoms with E-state index >= 15 is 0 Å². The minimum Gasteiger partial charge on any atom is -0.475 e. The lowest BCUT2D eigenvalue weighted by molar-refractivity contribution is -0.192. The number of ether oxygens (including phenoxy) is 1. The molecule has 28 heavy (non-hydrogen) atoms. The van der Waals surface area contributed by atoms with Crippen molar-refractivity contribution in [3.8, 4) is 0 Å². The van der Waals surface area contributed by atoms with Gasteiger partial charge in [-0.3, -0.25) is 4.90 Å². The summed E-state index contributed by atoms with van der Waals surface area (Å²) in [5.41, 5.74) is 0. The van der Waals surface area contributed by atoms with E-state index < -0.39 is 12.1 Å². The molecule has 2 fully saturated rings. The Morgan fingerprint density at radius 2 is 1.96 bits per heavy atom. The normalized spacial score (nSPS) is 22.3. The Bertz CT molecular complexity index is 758. The first kappa shape index (κ1) is 20.1. The molecule has 8 nitrogen and oxygen atoms in total. The van der Waals surface area contributed by atoms with Crippen molar-refractivity contribution in [2.24, 2.45) is 0 Å². The number of alkyl halides is 3. The molecule has 0 spiro atoms. The molecule has 0 amide bonds. The maximum atomic E-state index is 10.6. The van der Waals surface area contributed by atoms with Gasteiger partial charge in [0.2, 0.25) is 5.95 Å². The monoisotopic (exact) mass is 400 g/mol. The van der Waals surface area contributed by atoms with Crippen LogP contribution in [0.25, 0.3) is 0 Å². The lowest BCUT2D eigenvalue weighted by Crippen LogP contribution is -2.51. The summed E-state index contributed by atoms with van der Waals surface area (Å²) >= 11 is 0. The number of nitrogens with zero attached hydrogens (tertiary/aromatic N) is 4. The number of aromatic nitrogens is 2. The van der Waals surface area contributed by atoms with E-state index in [1.54, 1.807) is 18.7 Å². The Balaban J connectivity index is 0.000000279. The Hall–Kier alpha value is -2.66. The number of anilines is 1. The van der Waals surface area contributed by atoms with Crippen molar-refractivity contribution in [3.05, 3.63) is 42.6 Å². The molecule has 0 bridgehead atoms. The van der Waals surface area contributed by atoms with Crippen molar-refractivity contribution in [1.82, 2.24) is 14.9 Å². The molecule has 0 radical (unpaired) electrons. The summed E-state index contributed by atoms with van der Waals surface area (Å²) in [4.78, 5) is 22.3. The van der Waals surface area contributed by atoms with E-state index in [1.165, 1.54) is 0 Å². The maximum Gasteiger partial charge on any atom is 0.490 e. The zero-order valence-electron chi connectivity index (χ0n) is 14.7. The fraction of sp³-hybridized carbons (Fsp3) is 0.471. The van der Waals surface area contributed by atoms with Crippen LogP contribution in [-0.2, 0) is 16.1 Å². The van der Waals surface area contributed by atoms with Crippen LogP contribution in [-0.4, -0.2) is 70.5 Å². The van der Waals surface area contributed by atoms with Gasteiger partial charge in [-0.25, -0.2) is 14.8 Å². The van der Waals surface area contributed by atoms with Gasteiger partial charge in [-0.05, 0) is 18.2 Å². The predicted molar refractivity (Wildman–Crippen MR) is 90.6 cm³/mol. The highest BCUT2D eigenvalue weighted by atomic mass is 19.4. The molecule has 4 heterocycles. The number of carboxylic acids is 1. The summed E-state index contributed by atoms with van der Waals surface area (Å²) in [6.45, 7) is 4.28. The summed E-state index contributed by atoms with van der Waals surface area (Å²) in [6, 6.07) is 6.11. The highest BCUT2D eigenvalue weighted by Gasteiger charge is 2.41. The average molecular weight is 400 g/mol. The first-order chi connectivity index (χ1) is 13.3. The van der Waals surface area contributed by atoms with E-state index in [1.807, 2.05) is 18.2 Å². The second-order valence-electron chi connectivity index (χ2n) is 6.30. The van der Waals surface area contributed by atoms with Gasteiger partial charge in [0.15, 0.2) is 0 Å². The van der Waals surface area contributed by atoms with Crippen LogP contribution in [0.1, 0.15) is 5.76 Å². The molecule has 2 aliphatic heterocycles. The van der Waals surface area contributed by atoms with E-state index in [2.05, 4.69) is 19.8 Å². The third-order valence-corrected chi connectivity index (χ3v) is 4.39. The third-order valence-electron chi connectivity index (χ3n) is 4.39. The van der Waals surface area contributed by atoms with Gasteiger partial charge in [0.1, 0.15) is 5.76 Å². The van der Waals surface area contributed by atoms with Gasteiger partial charge in [0.25, 0.3) is 0 Å². The van der Waals surface area contributed by atoms with E-state index in [9.17, 15) is 13.2 Å². The quantitative estimate of drug-likeness (QED) is 0.834. The fourth-order valence-corrected chi connectivity index (χ4v) is 3.20. The van der Waals surface area contributed by atoms with Crippen LogP contribution in [0.2, 0.25) is 0 Å². The number of halogens is 3. The lowest BCUT2D eigenvalue weighted by atomic mass is 10.1. The Labute approximate surface area is 158 Å². The SMILES string of the molecule is O=C(O)C(F)(F)F.c1cnc(N2CCO[C@H]3CN(Cc4ccco4)C[C@H]32)nc1. The van der Waals surface area contributed by atoms with Gasteiger partial charge in [-0.15, -0.1) is 0 Å². The van der Waals surface area contributed by atoms with Gasteiger partial charge >= 0.3 is 12.1 Å². The van der Waals surface area contributed by atoms with Gasteiger partial charge in [-0.1, -0.05) is 0 Å². The highest BCUT2D eigenvalue weighted by Crippen LogP contribution is 2.26. The molecule has 2 saturated heterocycles. The highest BCUT2D eigenvalue weighted by molar-refractivity contribution is 5.73. The number of hydrogen-bond donors (Lipinski definition) is 1. The van der Waals surface area contributed by atoms with Crippen LogP contribution in [0.5, 0.6) is 0 Å². The third kappa shape index (κ3) is 4.98. The summed E-state index contributed by atoms with van der Waals surface area (Å²) in [5.74, 6) is -0.959. The molecule has 0 aliphatic carbocycles. The topological polar surface area (TPSA) is 91.9 Å². The van der Waals surface area contributed by atoms with Crippen LogP contribution >= 0.6 is 0 Å². The van der Waals surface area contributed by atoms with Gasteiger partial charge in [-0.2, -0.15) is 13.2 Å². The van der Waals surface area contributed by atoms with Crippen molar-refractivity contribution in [3.63, 3.8) is 0 Å². The van der Waals surface area contributed by atoms with Crippen LogP contribution in [0, 0.1) is 0 Å². The lowest BCUT2D eigenvalue weighted by Gasteiger charge is -2.36. The average Bonchev–Trinajstić information content (AvgIpc) is 3.31. The summed E-state index contributed by atoms with van der Waals surface area (Å²) in [7, 11) is 0. The Morgan fingerprint density at radius 3 is 2.57 bits per heavy atom. The second-order valence-corrected chi connectivity index (χ2v) is 6.30. The van der Waals surface area contributed by atoms with Crippen molar-refractivity contribution in [2.45, 2.75) is 24.9 Å². The van der Waals surface area contributed by atoms with Crippen LogP contribution in [0.15, 0.2) is 41.3 Å². The van der Waals surface area contributed by atoms with Crippen molar-refractivity contribution >= 4 is 11.9 Å². The fourth-order valence-electron chi connectivity index (χ4n) is 3.20. The molecule has 4 rings (SSSR count). The van der Waals surface area contributed by atoms with Gasteiger partial charge in [0.05, 0.1) is 31.6 Å². The molecule has 2 aliphatic rings. The molecule has 0 unspecified atom stereocenters. The zero-order chi connectivity index (χ0) is 20.1. The largest absolute Gasteiger partial charge is 0.490 e. The Morgan fingerprint density at radius 1 is 1.25 bits per heavy atom. The molecule has 11 heteroatoms. The molecule has 2 atom stereocenters. The molecular weight excluding hydrogens is 381 g/mol. The smallest absolute Gasteiger partial charge is 0.475 e. The molecule has 1 N–H and O–H groups in total. The molecule has 2 aromatic heterocycles. The first-order valence-corrected chi connectivity index (χ1v) is 8.54. The summed E-state index contributed by atoms with van der Waals surface area (Å²) < 4.78 is 43.1. The molecule has 0 aromatic carbocycles. The van der Waals surface area contributed by atoms with E-state index in [0.717, 1.165) is 44.5 Å². The number of carbonyl (C=O) groups is 1. The minimum atomic E-state index is -5.08. The van der Waals surface area contributed by atoms with Gasteiger partial charge < -0.3 is 19.2 Å². The molecule has 152 valence electrons. The summed E-state index contributed by atoms with van der Waals surface area (Å²) in [5, 5.41) is 7.12. The molecule has 0 saturated carbocycles. The maximum absolute atomic E-state index is 10.6. The molecular formula is C17H19F3N4O4. The first-order valence-electron chi connectivity index (χ1n) is 8.54. The van der Waals surface area contributed by atoms with Crippen molar-refractivity contribution < 1.29 is 32.2 Å². The second kappa shape index (κ2) is 8.57. The summed E-state index contributed by atoms with van der Waals surface area (Å²) in [6.07, 6.45) is 0.446. The Kier molecular flexibility index (Phi) is 6.15. The minimum absolute atomic E-state index is 0.220. The van der Waals surface area contributed by atoms with Crippen molar-refractivity contribution in [1.29, 1.82) is 0 Å². The number of rotatable bonds is 3. The number of likely N-dealkylation sites (tertiary alicyclic amines) is 1.